The third-order valence-corrected chi connectivity index (χ3v) is 2.60. The van der Waals surface area contributed by atoms with E-state index in [9.17, 15) is 9.59 Å². The largest absolute Gasteiger partial charge is 0.480 e. The van der Waals surface area contributed by atoms with E-state index in [1.165, 1.54) is 0 Å². The zero-order valence-electron chi connectivity index (χ0n) is 11.3. The molecule has 18 heavy (non-hydrogen) atoms. The number of carboxylic acids is 1. The fourth-order valence-corrected chi connectivity index (χ4v) is 1.83. The molecule has 0 aromatic carbocycles. The number of nitrogens with zero attached hydrogens (tertiary/aromatic N) is 2. The van der Waals surface area contributed by atoms with Gasteiger partial charge in [-0.15, -0.1) is 0 Å². The Kier molecular flexibility index (Phi) is 4.95. The Hall–Kier alpha value is -1.30. The minimum Gasteiger partial charge on any atom is -0.480 e. The molecule has 1 saturated heterocycles. The second-order valence-corrected chi connectivity index (χ2v) is 5.49. The Morgan fingerprint density at radius 3 is 2.39 bits per heavy atom. The maximum atomic E-state index is 11.9. The van der Waals surface area contributed by atoms with Crippen LogP contribution >= 0.6 is 0 Å². The summed E-state index contributed by atoms with van der Waals surface area (Å²) in [7, 11) is 0. The van der Waals surface area contributed by atoms with Gasteiger partial charge in [-0.1, -0.05) is 0 Å². The van der Waals surface area contributed by atoms with Crippen LogP contribution in [0.25, 0.3) is 0 Å². The van der Waals surface area contributed by atoms with Crippen LogP contribution in [0.4, 0.5) is 4.79 Å². The number of hydrogen-bond acceptors (Lipinski definition) is 4. The monoisotopic (exact) mass is 258 g/mol. The van der Waals surface area contributed by atoms with Crippen LogP contribution in [0.1, 0.15) is 27.2 Å². The Morgan fingerprint density at radius 2 is 1.83 bits per heavy atom. The molecule has 1 aliphatic heterocycles. The summed E-state index contributed by atoms with van der Waals surface area (Å²) in [5.41, 5.74) is -0.496. The molecule has 1 N–H and O–H groups in total. The summed E-state index contributed by atoms with van der Waals surface area (Å²) in [6, 6.07) is 0. The molecule has 1 heterocycles. The normalized spacial score (nSPS) is 18.3. The maximum absolute atomic E-state index is 11.9. The van der Waals surface area contributed by atoms with E-state index in [1.54, 1.807) is 4.90 Å². The van der Waals surface area contributed by atoms with E-state index < -0.39 is 11.6 Å². The first-order valence-electron chi connectivity index (χ1n) is 6.20. The molecule has 1 amide bonds. The molecule has 0 bridgehead atoms. The van der Waals surface area contributed by atoms with Crippen molar-refractivity contribution in [1.29, 1.82) is 0 Å². The molecular weight excluding hydrogens is 236 g/mol. The summed E-state index contributed by atoms with van der Waals surface area (Å²) in [6.45, 7) is 7.94. The molecule has 1 aliphatic rings. The highest BCUT2D eigenvalue weighted by molar-refractivity contribution is 5.69. The number of carboxylic acid groups (broad SMARTS) is 1. The Labute approximate surface area is 107 Å². The molecule has 6 heteroatoms. The molecule has 0 radical (unpaired) electrons. The molecule has 104 valence electrons. The van der Waals surface area contributed by atoms with Crippen molar-refractivity contribution >= 4 is 12.1 Å². The molecule has 1 fully saturated rings. The molecular formula is C12H22N2O4. The smallest absolute Gasteiger partial charge is 0.410 e. The van der Waals surface area contributed by atoms with Gasteiger partial charge in [0.2, 0.25) is 0 Å². The topological polar surface area (TPSA) is 70.1 Å². The van der Waals surface area contributed by atoms with Crippen molar-refractivity contribution in [2.45, 2.75) is 32.8 Å². The second kappa shape index (κ2) is 6.04. The molecule has 0 aromatic heterocycles. The Balaban J connectivity index is 2.46. The van der Waals surface area contributed by atoms with Gasteiger partial charge in [-0.05, 0) is 27.2 Å². The predicted octanol–water partition coefficient (Wildman–Crippen LogP) is 1.01. The molecule has 0 saturated carbocycles. The van der Waals surface area contributed by atoms with Gasteiger partial charge in [0.1, 0.15) is 5.60 Å². The fraction of sp³-hybridized carbons (Fsp3) is 0.833. The van der Waals surface area contributed by atoms with Crippen LogP contribution in [0, 0.1) is 0 Å². The Bertz CT molecular complexity index is 312. The van der Waals surface area contributed by atoms with E-state index in [1.807, 2.05) is 25.7 Å². The number of amides is 1. The first-order chi connectivity index (χ1) is 8.28. The van der Waals surface area contributed by atoms with Crippen molar-refractivity contribution in [3.8, 4) is 0 Å². The van der Waals surface area contributed by atoms with Gasteiger partial charge < -0.3 is 14.7 Å². The van der Waals surface area contributed by atoms with E-state index in [2.05, 4.69) is 0 Å². The average Bonchev–Trinajstić information content (AvgIpc) is 2.39. The van der Waals surface area contributed by atoms with Gasteiger partial charge in [-0.2, -0.15) is 0 Å². The number of rotatable bonds is 2. The van der Waals surface area contributed by atoms with Crippen molar-refractivity contribution in [1.82, 2.24) is 9.80 Å². The highest BCUT2D eigenvalue weighted by atomic mass is 16.6. The fourth-order valence-electron chi connectivity index (χ4n) is 1.83. The van der Waals surface area contributed by atoms with Crippen LogP contribution < -0.4 is 0 Å². The van der Waals surface area contributed by atoms with E-state index in [4.69, 9.17) is 9.84 Å². The molecule has 1 rings (SSSR count). The van der Waals surface area contributed by atoms with Crippen LogP contribution in [0.2, 0.25) is 0 Å². The molecule has 0 unspecified atom stereocenters. The second-order valence-electron chi connectivity index (χ2n) is 5.49. The van der Waals surface area contributed by atoms with Gasteiger partial charge in [0.15, 0.2) is 0 Å². The van der Waals surface area contributed by atoms with Gasteiger partial charge in [-0.25, -0.2) is 4.79 Å². The number of ether oxygens (including phenoxy) is 1. The van der Waals surface area contributed by atoms with E-state index in [0.29, 0.717) is 26.2 Å². The predicted molar refractivity (Wildman–Crippen MR) is 66.5 cm³/mol. The van der Waals surface area contributed by atoms with Crippen molar-refractivity contribution in [2.75, 3.05) is 32.7 Å². The van der Waals surface area contributed by atoms with Crippen LogP contribution in [0.3, 0.4) is 0 Å². The molecule has 0 spiro atoms. The lowest BCUT2D eigenvalue weighted by Gasteiger charge is -2.26. The van der Waals surface area contributed by atoms with Crippen LogP contribution in [0.5, 0.6) is 0 Å². The molecule has 0 aliphatic carbocycles. The summed E-state index contributed by atoms with van der Waals surface area (Å²) in [5, 5.41) is 8.74. The van der Waals surface area contributed by atoms with Crippen LogP contribution in [0.15, 0.2) is 0 Å². The van der Waals surface area contributed by atoms with Gasteiger partial charge in [-0.3, -0.25) is 9.69 Å². The summed E-state index contributed by atoms with van der Waals surface area (Å²) in [6.07, 6.45) is 0.451. The highest BCUT2D eigenvalue weighted by Gasteiger charge is 2.24. The van der Waals surface area contributed by atoms with Crippen molar-refractivity contribution in [2.24, 2.45) is 0 Å². The van der Waals surface area contributed by atoms with Crippen molar-refractivity contribution < 1.29 is 19.4 Å². The maximum Gasteiger partial charge on any atom is 0.410 e. The quantitative estimate of drug-likeness (QED) is 0.800. The zero-order chi connectivity index (χ0) is 13.8. The Morgan fingerprint density at radius 1 is 1.17 bits per heavy atom. The van der Waals surface area contributed by atoms with Crippen LogP contribution in [-0.2, 0) is 9.53 Å². The van der Waals surface area contributed by atoms with Crippen molar-refractivity contribution in [3.05, 3.63) is 0 Å². The highest BCUT2D eigenvalue weighted by Crippen LogP contribution is 2.11. The van der Waals surface area contributed by atoms with Gasteiger partial charge in [0.05, 0.1) is 6.54 Å². The molecule has 0 aromatic rings. The minimum atomic E-state index is -0.833. The average molecular weight is 258 g/mol. The summed E-state index contributed by atoms with van der Waals surface area (Å²) in [5.74, 6) is -0.833. The lowest BCUT2D eigenvalue weighted by atomic mass is 10.2. The minimum absolute atomic E-state index is 0.0299. The van der Waals surface area contributed by atoms with Gasteiger partial charge in [0, 0.05) is 26.2 Å². The van der Waals surface area contributed by atoms with E-state index in [-0.39, 0.29) is 12.6 Å². The summed E-state index contributed by atoms with van der Waals surface area (Å²) >= 11 is 0. The van der Waals surface area contributed by atoms with Crippen LogP contribution in [-0.4, -0.2) is 65.3 Å². The summed E-state index contributed by atoms with van der Waals surface area (Å²) < 4.78 is 5.30. The SMILES string of the molecule is CC(C)(C)OC(=O)N1CCCN(CC(=O)O)CC1. The standard InChI is InChI=1S/C12H22N2O4/c1-12(2,3)18-11(17)14-6-4-5-13(7-8-14)9-10(15)16/h4-9H2,1-3H3,(H,15,16). The summed E-state index contributed by atoms with van der Waals surface area (Å²) in [4.78, 5) is 26.0. The van der Waals surface area contributed by atoms with E-state index in [0.717, 1.165) is 6.42 Å². The third-order valence-electron chi connectivity index (χ3n) is 2.60. The third kappa shape index (κ3) is 5.35. The lowest BCUT2D eigenvalue weighted by molar-refractivity contribution is -0.138. The molecule has 6 nitrogen and oxygen atoms in total. The first-order valence-corrected chi connectivity index (χ1v) is 6.20. The zero-order valence-corrected chi connectivity index (χ0v) is 11.3. The number of carbonyl (C=O) groups is 2. The lowest BCUT2D eigenvalue weighted by Crippen LogP contribution is -2.39. The molecule has 0 atom stereocenters. The van der Waals surface area contributed by atoms with Gasteiger partial charge in [0.25, 0.3) is 0 Å². The van der Waals surface area contributed by atoms with Gasteiger partial charge >= 0.3 is 12.1 Å². The number of hydrogen-bond donors (Lipinski definition) is 1. The van der Waals surface area contributed by atoms with E-state index >= 15 is 0 Å². The number of carbonyl (C=O) groups excluding carboxylic acids is 1. The first kappa shape index (κ1) is 14.8. The number of aliphatic carboxylic acids is 1. The van der Waals surface area contributed by atoms with Crippen molar-refractivity contribution in [3.63, 3.8) is 0 Å².